The summed E-state index contributed by atoms with van der Waals surface area (Å²) < 4.78 is 134. The molecule has 0 aliphatic carbocycles. The van der Waals surface area contributed by atoms with Crippen molar-refractivity contribution in [3.63, 3.8) is 0 Å². The molecule has 26 heteroatoms. The molecule has 24 bridgehead atoms. The maximum atomic E-state index is 14.0. The summed E-state index contributed by atoms with van der Waals surface area (Å²) in [6.07, 6.45) is 13.6. The summed E-state index contributed by atoms with van der Waals surface area (Å²) in [5.41, 5.74) is 16.1. The van der Waals surface area contributed by atoms with Crippen LogP contribution in [0.15, 0.2) is 48.6 Å². The van der Waals surface area contributed by atoms with Gasteiger partial charge in [0.1, 0.15) is 72.6 Å². The number of rotatable bonds is 6. The van der Waals surface area contributed by atoms with Crippen molar-refractivity contribution in [3.8, 4) is 0 Å². The Morgan fingerprint density at radius 3 is 1.17 bits per heavy atom. The molecule has 25 nitrogen and oxygen atoms in total. The van der Waals surface area contributed by atoms with Crippen LogP contribution in [0.4, 0.5) is 0 Å². The van der Waals surface area contributed by atoms with E-state index in [1.165, 1.54) is 0 Å². The van der Waals surface area contributed by atoms with Gasteiger partial charge >= 0.3 is 0 Å². The molecule has 7 N–H and O–H groups in total. The van der Waals surface area contributed by atoms with E-state index in [0.29, 0.717) is 95.1 Å². The molecule has 2 spiro atoms. The molecule has 0 aromatic heterocycles. The van der Waals surface area contributed by atoms with Crippen molar-refractivity contribution in [2.45, 2.75) is 389 Å². The third kappa shape index (κ3) is 16.3. The Bertz CT molecular complexity index is 3180. The van der Waals surface area contributed by atoms with Crippen molar-refractivity contribution in [2.75, 3.05) is 19.3 Å². The van der Waals surface area contributed by atoms with Crippen LogP contribution in [0.1, 0.15) is 195 Å². The lowest BCUT2D eigenvalue weighted by Crippen LogP contribution is -2.61. The van der Waals surface area contributed by atoms with Crippen LogP contribution in [-0.2, 0) is 95.5 Å². The van der Waals surface area contributed by atoms with Gasteiger partial charge in [-0.05, 0) is 148 Å². The molecule has 20 rings (SSSR count). The normalized spacial score (nSPS) is 51.2. The number of hydrogen-bond acceptors (Lipinski definition) is 24. The fraction of sp³-hybridized carbons (Fsp3) is 0.877. The van der Waals surface area contributed by atoms with Crippen molar-refractivity contribution in [1.29, 1.82) is 0 Å². The molecule has 0 aromatic carbocycles. The van der Waals surface area contributed by atoms with Crippen molar-refractivity contribution in [2.24, 2.45) is 47.0 Å². The molecule has 107 heavy (non-hydrogen) atoms. The van der Waals surface area contributed by atoms with Gasteiger partial charge in [0.05, 0.1) is 128 Å². The fourth-order valence-electron chi connectivity index (χ4n) is 22.6. The first kappa shape index (κ1) is 78.3. The number of carbonyl (C=O) groups is 2. The molecular formula is C81H122N2O23S. The van der Waals surface area contributed by atoms with E-state index in [0.717, 1.165) is 112 Å². The van der Waals surface area contributed by atoms with Crippen LogP contribution < -0.4 is 11.5 Å². The summed E-state index contributed by atoms with van der Waals surface area (Å²) in [7, 11) is -3.67. The van der Waals surface area contributed by atoms with E-state index in [2.05, 4.69) is 54.0 Å². The van der Waals surface area contributed by atoms with Gasteiger partial charge in [-0.15, -0.1) is 0 Å². The zero-order valence-corrected chi connectivity index (χ0v) is 64.3. The third-order valence-electron chi connectivity index (χ3n) is 28.4. The average molecular weight is 1520 g/mol. The SMILES string of the molecule is C=C1C[C@@H]2CCC34C[C@H]5O[C@H]6[C@@H](O3)[C@H]3OC(CC[C@@H]3O[C@H]6[C@H]5O4)CC(=O)C[C@H]3[C@H](CC4O[C@@H](CCC1O2)C[C@@H](C)C4=C)OC(CC(O)CN)[C@@H]3C.C=C1C[C@@H]2CCC34C[C@H]5O[C@H]6[C@@H](O3)[C@H]3OC(CC[C@@H]3O[C@H]6[C@H]5O4)CC(=O)C[C@H]3[C@H](CC4O[C@@H](CCC1O2)C[C@@H](C)C4=C)OC(CC(O)CN)[C@@H]3C.CS(=O)(=O)O. The Balaban J connectivity index is 0.000000154. The predicted octanol–water partition coefficient (Wildman–Crippen LogP) is 7.62. The molecule has 20 saturated heterocycles. The Labute approximate surface area is 631 Å². The highest BCUT2D eigenvalue weighted by Crippen LogP contribution is 2.58. The smallest absolute Gasteiger partial charge is 0.261 e. The second kappa shape index (κ2) is 31.5. The molecule has 0 amide bonds. The first-order valence-corrected chi connectivity index (χ1v) is 43.0. The molecule has 0 radical (unpaired) electrons. The van der Waals surface area contributed by atoms with Gasteiger partial charge in [0.15, 0.2) is 11.6 Å². The zero-order valence-electron chi connectivity index (χ0n) is 63.5. The first-order valence-electron chi connectivity index (χ1n) is 41.1. The topological polar surface area (TPSA) is 329 Å². The number of ether oxygens (including phenoxy) is 16. The van der Waals surface area contributed by atoms with Gasteiger partial charge in [-0.2, -0.15) is 8.42 Å². The number of Topliss-reactive ketones (excluding diaryl/α,β-unsaturated/α-hetero) is 2. The van der Waals surface area contributed by atoms with E-state index in [4.69, 9.17) is 91.8 Å². The number of ketones is 2. The van der Waals surface area contributed by atoms with E-state index in [1.54, 1.807) is 0 Å². The van der Waals surface area contributed by atoms with Crippen molar-refractivity contribution < 1.29 is 109 Å². The second-order valence-electron chi connectivity index (χ2n) is 35.9. The lowest BCUT2D eigenvalue weighted by Gasteiger charge is -2.47. The van der Waals surface area contributed by atoms with Crippen LogP contribution in [-0.4, -0.2) is 249 Å². The number of aliphatic hydroxyl groups excluding tert-OH is 2. The minimum absolute atomic E-state index is 0.00127. The summed E-state index contributed by atoms with van der Waals surface area (Å²) in [6, 6.07) is 0. The number of fused-ring (bicyclic) bond motifs is 12. The van der Waals surface area contributed by atoms with Crippen LogP contribution in [0.25, 0.3) is 0 Å². The Morgan fingerprint density at radius 2 is 0.766 bits per heavy atom. The maximum absolute atomic E-state index is 14.0. The number of hydrogen-bond donors (Lipinski definition) is 5. The number of aliphatic hydroxyl groups is 2. The summed E-state index contributed by atoms with van der Waals surface area (Å²) in [6.45, 7) is 27.0. The molecule has 600 valence electrons. The van der Waals surface area contributed by atoms with Gasteiger partial charge in [-0.1, -0.05) is 54.0 Å². The van der Waals surface area contributed by atoms with E-state index >= 15 is 0 Å². The van der Waals surface area contributed by atoms with E-state index in [-0.39, 0.29) is 219 Å². The lowest BCUT2D eigenvalue weighted by atomic mass is 9.78. The van der Waals surface area contributed by atoms with Gasteiger partial charge in [-0.25, -0.2) is 0 Å². The molecule has 0 aromatic rings. The summed E-state index contributed by atoms with van der Waals surface area (Å²) in [4.78, 5) is 28.0. The van der Waals surface area contributed by atoms with Crippen LogP contribution in [0.3, 0.4) is 0 Å². The Hall–Kier alpha value is -2.59. The standard InChI is InChI=1S/2C40H59NO10.CH4O3S/c2*1-19-11-25-5-7-29-20(2)12-27(44-29)9-10-40-17-34-36(50-40)37-38(49-34)39(51-40)35-30(48-37)8-6-26(46-35)13-23(42)14-28-22(4)31(15-24(43)18-41)47-33(28)16-32(45-25)21(19)3;1-5(2,3)4/h2*19,22,24-39,43H,2-3,5-18,41H2,1,4H3;1H3,(H,2,3,4)/t2*19-,22-,24?,25+,26?,27+,28-,29?,30+,31?,32?,33+,34-,35+,36+,37+,38-,39+,40?;/m11./s1. The highest BCUT2D eigenvalue weighted by molar-refractivity contribution is 7.85. The van der Waals surface area contributed by atoms with Crippen LogP contribution in [0.5, 0.6) is 0 Å². The second-order valence-corrected chi connectivity index (χ2v) is 37.4. The minimum atomic E-state index is -3.67. The largest absolute Gasteiger partial charge is 0.392 e. The zero-order chi connectivity index (χ0) is 74.9. The molecular weight excluding hydrogens is 1400 g/mol. The lowest BCUT2D eigenvalue weighted by molar-refractivity contribution is -0.292. The Morgan fingerprint density at radius 1 is 0.411 bits per heavy atom. The molecule has 38 atom stereocenters. The van der Waals surface area contributed by atoms with Gasteiger partial charge in [0.25, 0.3) is 10.1 Å². The molecule has 20 fully saturated rings. The van der Waals surface area contributed by atoms with Gasteiger partial charge in [0.2, 0.25) is 0 Å². The van der Waals surface area contributed by atoms with E-state index in [9.17, 15) is 28.2 Å². The first-order chi connectivity index (χ1) is 51.1. The summed E-state index contributed by atoms with van der Waals surface area (Å²) >= 11 is 0. The van der Waals surface area contributed by atoms with E-state index in [1.807, 2.05) is 0 Å². The van der Waals surface area contributed by atoms with Gasteiger partial charge in [0, 0.05) is 90.1 Å². The predicted molar refractivity (Wildman–Crippen MR) is 387 cm³/mol. The monoisotopic (exact) mass is 1520 g/mol. The van der Waals surface area contributed by atoms with Gasteiger partial charge < -0.3 is 97.5 Å². The number of nitrogens with two attached hydrogens (primary N) is 2. The third-order valence-corrected chi connectivity index (χ3v) is 28.4. The average Bonchev–Trinajstić information content (AvgIpc) is 1.55. The molecule has 0 saturated carbocycles. The fourth-order valence-corrected chi connectivity index (χ4v) is 22.6. The number of carbonyl (C=O) groups excluding carboxylic acids is 2. The quantitative estimate of drug-likeness (QED) is 0.126. The molecule has 20 heterocycles. The van der Waals surface area contributed by atoms with Crippen LogP contribution in [0.2, 0.25) is 0 Å². The summed E-state index contributed by atoms with van der Waals surface area (Å²) in [5.74, 6) is -0.444. The minimum Gasteiger partial charge on any atom is -0.392 e. The highest BCUT2D eigenvalue weighted by Gasteiger charge is 2.71. The Kier molecular flexibility index (Phi) is 23.1. The van der Waals surface area contributed by atoms with Crippen LogP contribution >= 0.6 is 0 Å². The highest BCUT2D eigenvalue weighted by atomic mass is 32.2. The van der Waals surface area contributed by atoms with Crippen molar-refractivity contribution in [1.82, 2.24) is 0 Å². The van der Waals surface area contributed by atoms with Crippen molar-refractivity contribution >= 4 is 21.7 Å². The molecule has 12 unspecified atom stereocenters. The van der Waals surface area contributed by atoms with Crippen molar-refractivity contribution in [3.05, 3.63) is 48.6 Å². The molecule has 20 aliphatic heterocycles. The maximum Gasteiger partial charge on any atom is 0.261 e. The molecule has 20 aliphatic rings. The van der Waals surface area contributed by atoms with Crippen LogP contribution in [0, 0.1) is 35.5 Å². The summed E-state index contributed by atoms with van der Waals surface area (Å²) in [5, 5.41) is 21.0. The van der Waals surface area contributed by atoms with Gasteiger partial charge in [-0.3, -0.25) is 14.1 Å². The van der Waals surface area contributed by atoms with E-state index < -0.39 is 33.9 Å².